The molecule has 5 rings (SSSR count). The van der Waals surface area contributed by atoms with E-state index in [9.17, 15) is 4.79 Å². The largest absolute Gasteiger partial charge is 0.497 e. The van der Waals surface area contributed by atoms with Crippen LogP contribution in [0, 0.1) is 6.92 Å². The summed E-state index contributed by atoms with van der Waals surface area (Å²) in [6.07, 6.45) is 1.64. The van der Waals surface area contributed by atoms with Gasteiger partial charge >= 0.3 is 0 Å². The Kier molecular flexibility index (Phi) is 7.62. The number of tetrazole rings is 1. The molecule has 0 unspecified atom stereocenters. The first-order valence-corrected chi connectivity index (χ1v) is 12.3. The van der Waals surface area contributed by atoms with Gasteiger partial charge in [-0.1, -0.05) is 23.8 Å². The van der Waals surface area contributed by atoms with Crippen LogP contribution < -0.4 is 10.3 Å². The van der Waals surface area contributed by atoms with Crippen molar-refractivity contribution in [3.05, 3.63) is 106 Å². The molecule has 1 N–H and O–H groups in total. The van der Waals surface area contributed by atoms with E-state index in [1.807, 2.05) is 61.5 Å². The Morgan fingerprint density at radius 2 is 1.92 bits per heavy atom. The third kappa shape index (κ3) is 5.51. The number of aromatic nitrogens is 5. The van der Waals surface area contributed by atoms with Crippen molar-refractivity contribution in [2.75, 3.05) is 20.8 Å². The third-order valence-corrected chi connectivity index (χ3v) is 6.48. The van der Waals surface area contributed by atoms with Gasteiger partial charge in [0, 0.05) is 24.7 Å². The monoisotopic (exact) mass is 514 g/mol. The minimum atomic E-state index is -0.581. The standard InChI is InChI=1S/C28H30N6O4/c1-19-6-11-25-21(15-19)16-24(28(35)29-25)26(27-30-31-32-34(27)12-14-36-2)33(18-23-5-4-13-38-23)17-20-7-9-22(37-3)10-8-20/h4-11,13,15-16,26H,12,14,17-18H2,1-3H3,(H,29,35)/t26-/m0/s1. The van der Waals surface area contributed by atoms with E-state index in [1.54, 1.807) is 25.2 Å². The molecular formula is C28H30N6O4. The molecule has 3 heterocycles. The van der Waals surface area contributed by atoms with Gasteiger partial charge < -0.3 is 18.9 Å². The fourth-order valence-electron chi connectivity index (χ4n) is 4.60. The summed E-state index contributed by atoms with van der Waals surface area (Å²) >= 11 is 0. The number of rotatable bonds is 11. The summed E-state index contributed by atoms with van der Waals surface area (Å²) in [5.41, 5.74) is 3.24. The van der Waals surface area contributed by atoms with E-state index >= 15 is 0 Å². The fourth-order valence-corrected chi connectivity index (χ4v) is 4.60. The summed E-state index contributed by atoms with van der Waals surface area (Å²) in [6, 6.07) is 18.9. The minimum absolute atomic E-state index is 0.202. The minimum Gasteiger partial charge on any atom is -0.497 e. The predicted octanol–water partition coefficient (Wildman–Crippen LogP) is 3.86. The zero-order valence-corrected chi connectivity index (χ0v) is 21.6. The number of ether oxygens (including phenoxy) is 2. The molecule has 0 radical (unpaired) electrons. The molecule has 5 aromatic rings. The Morgan fingerprint density at radius 3 is 2.66 bits per heavy atom. The first-order valence-electron chi connectivity index (χ1n) is 12.3. The summed E-state index contributed by atoms with van der Waals surface area (Å²) in [4.78, 5) is 18.8. The number of benzene rings is 2. The normalized spacial score (nSPS) is 12.3. The van der Waals surface area contributed by atoms with Crippen LogP contribution >= 0.6 is 0 Å². The average molecular weight is 515 g/mol. The highest BCUT2D eigenvalue weighted by Crippen LogP contribution is 2.30. The molecule has 0 saturated heterocycles. The van der Waals surface area contributed by atoms with Gasteiger partial charge in [-0.15, -0.1) is 5.10 Å². The van der Waals surface area contributed by atoms with Gasteiger partial charge in [-0.05, 0) is 70.8 Å². The summed E-state index contributed by atoms with van der Waals surface area (Å²) in [5, 5.41) is 13.5. The fraction of sp³-hybridized carbons (Fsp3) is 0.286. The van der Waals surface area contributed by atoms with E-state index in [4.69, 9.17) is 13.9 Å². The number of pyridine rings is 1. The SMILES string of the molecule is COCCn1nnnc1[C@H](c1cc2cc(C)ccc2[nH]c1=O)N(Cc1ccc(OC)cc1)Cc1ccco1. The number of nitrogens with zero attached hydrogens (tertiary/aromatic N) is 5. The molecule has 1 atom stereocenters. The quantitative estimate of drug-likeness (QED) is 0.283. The Hall–Kier alpha value is -4.28. The Balaban J connectivity index is 1.67. The molecule has 2 aromatic carbocycles. The molecule has 0 fully saturated rings. The molecule has 196 valence electrons. The Labute approximate surface area is 219 Å². The molecule has 0 saturated carbocycles. The van der Waals surface area contributed by atoms with Crippen molar-refractivity contribution in [2.24, 2.45) is 0 Å². The van der Waals surface area contributed by atoms with Gasteiger partial charge in [-0.2, -0.15) is 0 Å². The topological polar surface area (TPSA) is 111 Å². The first-order chi connectivity index (χ1) is 18.6. The van der Waals surface area contributed by atoms with E-state index < -0.39 is 6.04 Å². The van der Waals surface area contributed by atoms with Gasteiger partial charge in [0.2, 0.25) is 0 Å². The van der Waals surface area contributed by atoms with Crippen LogP contribution in [-0.2, 0) is 24.4 Å². The van der Waals surface area contributed by atoms with Crippen LogP contribution in [0.25, 0.3) is 10.9 Å². The van der Waals surface area contributed by atoms with Crippen molar-refractivity contribution >= 4 is 10.9 Å². The molecule has 0 amide bonds. The third-order valence-electron chi connectivity index (χ3n) is 6.48. The molecule has 10 heteroatoms. The van der Waals surface area contributed by atoms with Crippen molar-refractivity contribution < 1.29 is 13.9 Å². The summed E-state index contributed by atoms with van der Waals surface area (Å²) in [5.74, 6) is 2.07. The zero-order valence-electron chi connectivity index (χ0n) is 21.6. The van der Waals surface area contributed by atoms with E-state index in [2.05, 4.69) is 31.5 Å². The Morgan fingerprint density at radius 1 is 1.08 bits per heavy atom. The van der Waals surface area contributed by atoms with Gasteiger partial charge in [-0.25, -0.2) is 4.68 Å². The number of aromatic amines is 1. The van der Waals surface area contributed by atoms with Gasteiger partial charge in [0.1, 0.15) is 17.6 Å². The number of methoxy groups -OCH3 is 2. The number of hydrogen-bond donors (Lipinski definition) is 1. The lowest BCUT2D eigenvalue weighted by molar-refractivity contribution is 0.163. The molecule has 0 aliphatic heterocycles. The number of nitrogens with one attached hydrogen (secondary N) is 1. The molecule has 0 aliphatic rings. The second-order valence-electron chi connectivity index (χ2n) is 9.13. The van der Waals surface area contributed by atoms with Gasteiger partial charge in [0.25, 0.3) is 5.56 Å². The van der Waals surface area contributed by atoms with Crippen LogP contribution in [0.15, 0.2) is 76.1 Å². The van der Waals surface area contributed by atoms with E-state index in [0.29, 0.717) is 37.6 Å². The lowest BCUT2D eigenvalue weighted by Gasteiger charge is -2.30. The van der Waals surface area contributed by atoms with E-state index in [1.165, 1.54) is 0 Å². The second-order valence-corrected chi connectivity index (χ2v) is 9.13. The molecule has 0 aliphatic carbocycles. The molecule has 10 nitrogen and oxygen atoms in total. The predicted molar refractivity (Wildman–Crippen MR) is 142 cm³/mol. The number of hydrogen-bond acceptors (Lipinski definition) is 8. The maximum absolute atomic E-state index is 13.6. The summed E-state index contributed by atoms with van der Waals surface area (Å²) in [7, 11) is 3.27. The molecular weight excluding hydrogens is 484 g/mol. The van der Waals surface area contributed by atoms with Crippen LogP contribution in [0.5, 0.6) is 5.75 Å². The number of furan rings is 1. The molecule has 0 spiro atoms. The summed E-state index contributed by atoms with van der Waals surface area (Å²) in [6.45, 7) is 3.82. The zero-order chi connectivity index (χ0) is 26.5. The number of H-pyrrole nitrogens is 1. The van der Waals surface area contributed by atoms with Crippen molar-refractivity contribution in [1.82, 2.24) is 30.1 Å². The molecule has 3 aromatic heterocycles. The highest BCUT2D eigenvalue weighted by Gasteiger charge is 2.31. The van der Waals surface area contributed by atoms with Crippen LogP contribution in [-0.4, -0.2) is 50.9 Å². The van der Waals surface area contributed by atoms with Crippen LogP contribution in [0.3, 0.4) is 0 Å². The van der Waals surface area contributed by atoms with Crippen LogP contribution in [0.1, 0.15) is 34.3 Å². The van der Waals surface area contributed by atoms with Crippen LogP contribution in [0.2, 0.25) is 0 Å². The van der Waals surface area contributed by atoms with Crippen molar-refractivity contribution in [1.29, 1.82) is 0 Å². The number of fused-ring (bicyclic) bond motifs is 1. The smallest absolute Gasteiger partial charge is 0.253 e. The maximum Gasteiger partial charge on any atom is 0.253 e. The highest BCUT2D eigenvalue weighted by molar-refractivity contribution is 5.79. The first kappa shape index (κ1) is 25.4. The van der Waals surface area contributed by atoms with Gasteiger partial charge in [-0.3, -0.25) is 9.69 Å². The van der Waals surface area contributed by atoms with Crippen molar-refractivity contribution in [3.8, 4) is 5.75 Å². The molecule has 38 heavy (non-hydrogen) atoms. The van der Waals surface area contributed by atoms with E-state index in [0.717, 1.165) is 33.5 Å². The Bertz CT molecular complexity index is 1540. The number of aryl methyl sites for hydroxylation is 1. The van der Waals surface area contributed by atoms with Crippen molar-refractivity contribution in [3.63, 3.8) is 0 Å². The second kappa shape index (κ2) is 11.4. The van der Waals surface area contributed by atoms with E-state index in [-0.39, 0.29) is 5.56 Å². The molecule has 0 bridgehead atoms. The van der Waals surface area contributed by atoms with Gasteiger partial charge in [0.05, 0.1) is 33.1 Å². The van der Waals surface area contributed by atoms with Crippen LogP contribution in [0.4, 0.5) is 0 Å². The highest BCUT2D eigenvalue weighted by atomic mass is 16.5. The maximum atomic E-state index is 13.6. The lowest BCUT2D eigenvalue weighted by atomic mass is 10.0. The summed E-state index contributed by atoms with van der Waals surface area (Å²) < 4.78 is 18.0. The lowest BCUT2D eigenvalue weighted by Crippen LogP contribution is -2.35. The van der Waals surface area contributed by atoms with Gasteiger partial charge in [0.15, 0.2) is 5.82 Å². The average Bonchev–Trinajstić information content (AvgIpc) is 3.61. The van der Waals surface area contributed by atoms with Crippen molar-refractivity contribution in [2.45, 2.75) is 32.6 Å².